The number of unbranched alkanes of at least 4 members (excludes halogenated alkanes) is 14. The van der Waals surface area contributed by atoms with Crippen LogP contribution in [0.2, 0.25) is 0 Å². The number of ether oxygens (including phenoxy) is 4. The van der Waals surface area contributed by atoms with Gasteiger partial charge in [-0.05, 0) is 12.8 Å². The van der Waals surface area contributed by atoms with Crippen LogP contribution in [0.25, 0.3) is 0 Å². The second kappa shape index (κ2) is 23.8. The summed E-state index contributed by atoms with van der Waals surface area (Å²) >= 11 is 0. The molecule has 2 aliphatic rings. The SMILES string of the molecule is CCCCCCCCCCC(CCCCCCCCCC)(CO[C@@H]1O[C@H](CO)[C@@H](O)[C@H](O)[C@H]1O)CO[C@@H]1O[C@H](CO)[C@@H](O)[C@H](O)[C@H]1O. The van der Waals surface area contributed by atoms with Crippen LogP contribution in [0, 0.1) is 5.41 Å². The van der Waals surface area contributed by atoms with Crippen molar-refractivity contribution in [1.29, 1.82) is 0 Å². The Morgan fingerprint density at radius 2 is 0.766 bits per heavy atom. The van der Waals surface area contributed by atoms with Crippen LogP contribution < -0.4 is 0 Å². The minimum absolute atomic E-state index is 0.0557. The molecule has 0 aromatic carbocycles. The Bertz CT molecular complexity index is 709. The molecule has 12 nitrogen and oxygen atoms in total. The van der Waals surface area contributed by atoms with Gasteiger partial charge in [-0.1, -0.05) is 117 Å². The number of rotatable bonds is 26. The van der Waals surface area contributed by atoms with Crippen LogP contribution in [0.1, 0.15) is 129 Å². The Morgan fingerprint density at radius 1 is 0.447 bits per heavy atom. The Morgan fingerprint density at radius 3 is 1.09 bits per heavy atom. The van der Waals surface area contributed by atoms with E-state index in [9.17, 15) is 40.9 Å². The molecule has 0 amide bonds. The minimum atomic E-state index is -1.56. The molecule has 8 N–H and O–H groups in total. The van der Waals surface area contributed by atoms with Crippen molar-refractivity contribution in [3.05, 3.63) is 0 Å². The van der Waals surface area contributed by atoms with Crippen LogP contribution >= 0.6 is 0 Å². The Balaban J connectivity index is 2.19. The van der Waals surface area contributed by atoms with Gasteiger partial charge in [0.1, 0.15) is 48.8 Å². The highest BCUT2D eigenvalue weighted by molar-refractivity contribution is 4.91. The van der Waals surface area contributed by atoms with Crippen molar-refractivity contribution in [3.8, 4) is 0 Å². The molecule has 2 rings (SSSR count). The Hall–Kier alpha value is -0.480. The van der Waals surface area contributed by atoms with E-state index in [2.05, 4.69) is 13.8 Å². The van der Waals surface area contributed by atoms with Crippen LogP contribution in [-0.2, 0) is 18.9 Å². The molecule has 0 aromatic rings. The van der Waals surface area contributed by atoms with Crippen molar-refractivity contribution < 1.29 is 59.8 Å². The zero-order valence-electron chi connectivity index (χ0n) is 29.0. The fourth-order valence-electron chi connectivity index (χ4n) is 6.65. The standard InChI is InChI=1S/C35H68O12/c1-3-5-7-9-11-13-15-17-19-35(20-18-16-14-12-10-8-6-4-2,23-44-33-31(42)29(40)27(38)25(21-36)46-33)24-45-34-32(43)30(41)28(39)26(22-37)47-34/h25-34,36-43H,3-24H2,1-2H3/t25-,26-,27-,28-,29+,30+,31-,32-,33-,34-/m1/s1. The molecule has 47 heavy (non-hydrogen) atoms. The summed E-state index contributed by atoms with van der Waals surface area (Å²) in [6.07, 6.45) is 5.43. The number of aliphatic hydroxyl groups excluding tert-OH is 8. The van der Waals surface area contributed by atoms with Crippen LogP contribution in [-0.4, -0.2) is 129 Å². The molecular formula is C35H68O12. The first-order valence-electron chi connectivity index (χ1n) is 18.5. The van der Waals surface area contributed by atoms with E-state index in [-0.39, 0.29) is 13.2 Å². The van der Waals surface area contributed by atoms with E-state index in [0.29, 0.717) is 12.8 Å². The molecule has 280 valence electrons. The van der Waals surface area contributed by atoms with Gasteiger partial charge in [0.15, 0.2) is 12.6 Å². The first-order chi connectivity index (χ1) is 22.6. The van der Waals surface area contributed by atoms with Gasteiger partial charge < -0.3 is 59.8 Å². The van der Waals surface area contributed by atoms with Gasteiger partial charge in [-0.3, -0.25) is 0 Å². The Labute approximate surface area is 282 Å². The van der Waals surface area contributed by atoms with Crippen LogP contribution in [0.5, 0.6) is 0 Å². The van der Waals surface area contributed by atoms with Crippen molar-refractivity contribution in [3.63, 3.8) is 0 Å². The highest BCUT2D eigenvalue weighted by Crippen LogP contribution is 2.36. The number of hydrogen-bond acceptors (Lipinski definition) is 12. The maximum Gasteiger partial charge on any atom is 0.186 e. The van der Waals surface area contributed by atoms with E-state index in [4.69, 9.17) is 18.9 Å². The fourth-order valence-corrected chi connectivity index (χ4v) is 6.65. The summed E-state index contributed by atoms with van der Waals surface area (Å²) in [6.45, 7) is 3.38. The lowest BCUT2D eigenvalue weighted by molar-refractivity contribution is -0.319. The molecule has 0 bridgehead atoms. The molecule has 0 aromatic heterocycles. The lowest BCUT2D eigenvalue weighted by Crippen LogP contribution is -2.60. The van der Waals surface area contributed by atoms with E-state index in [1.807, 2.05) is 0 Å². The normalized spacial score (nSPS) is 31.8. The third-order valence-electron chi connectivity index (χ3n) is 9.93. The molecule has 0 unspecified atom stereocenters. The van der Waals surface area contributed by atoms with E-state index >= 15 is 0 Å². The van der Waals surface area contributed by atoms with Crippen LogP contribution in [0.3, 0.4) is 0 Å². The monoisotopic (exact) mass is 680 g/mol. The summed E-state index contributed by atoms with van der Waals surface area (Å²) < 4.78 is 23.6. The number of aliphatic hydroxyl groups is 8. The van der Waals surface area contributed by atoms with Gasteiger partial charge in [-0.2, -0.15) is 0 Å². The molecule has 0 spiro atoms. The van der Waals surface area contributed by atoms with Crippen molar-refractivity contribution in [1.82, 2.24) is 0 Å². The van der Waals surface area contributed by atoms with Crippen molar-refractivity contribution in [2.45, 2.75) is 191 Å². The first kappa shape index (κ1) is 42.7. The van der Waals surface area contributed by atoms with E-state index in [1.54, 1.807) is 0 Å². The highest BCUT2D eigenvalue weighted by Gasteiger charge is 2.47. The fraction of sp³-hybridized carbons (Fsp3) is 1.00. The third kappa shape index (κ3) is 14.3. The summed E-state index contributed by atoms with van der Waals surface area (Å²) in [6, 6.07) is 0. The molecule has 0 radical (unpaired) electrons. The lowest BCUT2D eigenvalue weighted by atomic mass is 9.79. The third-order valence-corrected chi connectivity index (χ3v) is 9.93. The lowest BCUT2D eigenvalue weighted by Gasteiger charge is -2.43. The average Bonchev–Trinajstić information content (AvgIpc) is 3.07. The molecule has 2 aliphatic heterocycles. The minimum Gasteiger partial charge on any atom is -0.394 e. The van der Waals surface area contributed by atoms with E-state index in [0.717, 1.165) is 51.4 Å². The summed E-state index contributed by atoms with van der Waals surface area (Å²) in [4.78, 5) is 0. The van der Waals surface area contributed by atoms with Crippen molar-refractivity contribution in [2.75, 3.05) is 26.4 Å². The summed E-state index contributed by atoms with van der Waals surface area (Å²) in [7, 11) is 0. The predicted molar refractivity (Wildman–Crippen MR) is 176 cm³/mol. The summed E-state index contributed by atoms with van der Waals surface area (Å²) in [5.41, 5.74) is -0.637. The van der Waals surface area contributed by atoms with Gasteiger partial charge in [0.25, 0.3) is 0 Å². The zero-order chi connectivity index (χ0) is 34.7. The van der Waals surface area contributed by atoms with Gasteiger partial charge >= 0.3 is 0 Å². The zero-order valence-corrected chi connectivity index (χ0v) is 29.0. The Kier molecular flexibility index (Phi) is 21.7. The van der Waals surface area contributed by atoms with Crippen molar-refractivity contribution in [2.24, 2.45) is 5.41 Å². The maximum absolute atomic E-state index is 10.7. The highest BCUT2D eigenvalue weighted by atomic mass is 16.7. The largest absolute Gasteiger partial charge is 0.394 e. The first-order valence-corrected chi connectivity index (χ1v) is 18.5. The van der Waals surface area contributed by atoms with E-state index < -0.39 is 80.0 Å². The molecule has 2 heterocycles. The van der Waals surface area contributed by atoms with Gasteiger partial charge in [-0.25, -0.2) is 0 Å². The van der Waals surface area contributed by atoms with Crippen LogP contribution in [0.4, 0.5) is 0 Å². The molecular weight excluding hydrogens is 612 g/mol. The van der Waals surface area contributed by atoms with Gasteiger partial charge in [-0.15, -0.1) is 0 Å². The van der Waals surface area contributed by atoms with Gasteiger partial charge in [0.05, 0.1) is 26.4 Å². The predicted octanol–water partition coefficient (Wildman–Crippen LogP) is 2.67. The molecule has 2 saturated heterocycles. The average molecular weight is 681 g/mol. The molecule has 0 aliphatic carbocycles. The maximum atomic E-state index is 10.7. The van der Waals surface area contributed by atoms with Gasteiger partial charge in [0, 0.05) is 5.41 Å². The van der Waals surface area contributed by atoms with Crippen molar-refractivity contribution >= 4 is 0 Å². The second-order valence-corrected chi connectivity index (χ2v) is 14.0. The smallest absolute Gasteiger partial charge is 0.186 e. The summed E-state index contributed by atoms with van der Waals surface area (Å²) in [5, 5.41) is 81.8. The molecule has 10 atom stereocenters. The quantitative estimate of drug-likeness (QED) is 0.0623. The topological polar surface area (TPSA) is 199 Å². The molecule has 12 heteroatoms. The second-order valence-electron chi connectivity index (χ2n) is 14.0. The molecule has 0 saturated carbocycles. The van der Waals surface area contributed by atoms with Gasteiger partial charge in [0.2, 0.25) is 0 Å². The summed E-state index contributed by atoms with van der Waals surface area (Å²) in [5.74, 6) is 0. The number of hydrogen-bond donors (Lipinski definition) is 8. The van der Waals surface area contributed by atoms with Crippen LogP contribution in [0.15, 0.2) is 0 Å². The molecule has 2 fully saturated rings. The van der Waals surface area contributed by atoms with E-state index in [1.165, 1.54) is 51.4 Å².